The lowest BCUT2D eigenvalue weighted by Gasteiger charge is -2.17. The van der Waals surface area contributed by atoms with Crippen LogP contribution in [0.1, 0.15) is 18.1 Å². The summed E-state index contributed by atoms with van der Waals surface area (Å²) in [5.41, 5.74) is 1.88. The van der Waals surface area contributed by atoms with E-state index in [0.717, 1.165) is 11.1 Å². The van der Waals surface area contributed by atoms with Gasteiger partial charge in [0, 0.05) is 5.56 Å². The number of rotatable bonds is 8. The molecule has 0 aliphatic heterocycles. The second kappa shape index (κ2) is 8.65. The van der Waals surface area contributed by atoms with Gasteiger partial charge in [-0.05, 0) is 38.1 Å². The Morgan fingerprint density at radius 3 is 2.44 bits per heavy atom. The van der Waals surface area contributed by atoms with Gasteiger partial charge in [-0.3, -0.25) is 4.18 Å². The van der Waals surface area contributed by atoms with Crippen LogP contribution >= 0.6 is 0 Å². The Morgan fingerprint density at radius 2 is 1.80 bits per heavy atom. The largest absolute Gasteiger partial charge is 0.483 e. The highest BCUT2D eigenvalue weighted by atomic mass is 32.2. The van der Waals surface area contributed by atoms with Gasteiger partial charge in [0.1, 0.15) is 18.5 Å². The van der Waals surface area contributed by atoms with Crippen molar-refractivity contribution < 1.29 is 17.3 Å². The number of allylic oxidation sites excluding steroid dienone is 1. The Morgan fingerprint density at radius 1 is 1.12 bits per heavy atom. The smallest absolute Gasteiger partial charge is 0.297 e. The van der Waals surface area contributed by atoms with Crippen molar-refractivity contribution in [3.8, 4) is 5.75 Å². The van der Waals surface area contributed by atoms with Crippen LogP contribution < -0.4 is 4.74 Å². The van der Waals surface area contributed by atoms with E-state index in [2.05, 4.69) is 6.58 Å². The maximum Gasteiger partial charge on any atom is 0.297 e. The van der Waals surface area contributed by atoms with E-state index in [1.54, 1.807) is 12.1 Å². The van der Waals surface area contributed by atoms with Crippen LogP contribution in [0.2, 0.25) is 0 Å². The Kier molecular flexibility index (Phi) is 6.56. The predicted molar refractivity (Wildman–Crippen MR) is 100 cm³/mol. The zero-order valence-corrected chi connectivity index (χ0v) is 15.2. The van der Waals surface area contributed by atoms with Crippen molar-refractivity contribution in [2.24, 2.45) is 0 Å². The molecule has 132 valence electrons. The maximum absolute atomic E-state index is 12.3. The minimum atomic E-state index is -3.84. The maximum atomic E-state index is 12.3. The van der Waals surface area contributed by atoms with Crippen LogP contribution in [0.3, 0.4) is 0 Å². The molecule has 0 aliphatic carbocycles. The van der Waals surface area contributed by atoms with Crippen LogP contribution in [0.15, 0.2) is 72.2 Å². The van der Waals surface area contributed by atoms with Crippen molar-refractivity contribution in [2.45, 2.75) is 24.8 Å². The van der Waals surface area contributed by atoms with Crippen LogP contribution in [0.4, 0.5) is 0 Å². The van der Waals surface area contributed by atoms with Gasteiger partial charge in [-0.1, -0.05) is 54.6 Å². The second-order valence-corrected chi connectivity index (χ2v) is 7.10. The molecule has 5 heteroatoms. The molecule has 0 N–H and O–H groups in total. The van der Waals surface area contributed by atoms with Crippen molar-refractivity contribution in [1.29, 1.82) is 0 Å². The molecule has 25 heavy (non-hydrogen) atoms. The lowest BCUT2D eigenvalue weighted by Crippen LogP contribution is -2.23. The Labute approximate surface area is 149 Å². The quantitative estimate of drug-likeness (QED) is 0.519. The van der Waals surface area contributed by atoms with Gasteiger partial charge in [-0.2, -0.15) is 8.42 Å². The zero-order valence-electron chi connectivity index (χ0n) is 14.4. The molecule has 4 nitrogen and oxygen atoms in total. The van der Waals surface area contributed by atoms with E-state index < -0.39 is 16.2 Å². The monoisotopic (exact) mass is 358 g/mol. The summed E-state index contributed by atoms with van der Waals surface area (Å²) in [6.07, 6.45) is 4.76. The van der Waals surface area contributed by atoms with E-state index in [-0.39, 0.29) is 11.5 Å². The average molecular weight is 358 g/mol. The van der Waals surface area contributed by atoms with Crippen molar-refractivity contribution in [3.05, 3.63) is 78.4 Å². The summed E-state index contributed by atoms with van der Waals surface area (Å²) in [5.74, 6) is 0.641. The first-order valence-corrected chi connectivity index (χ1v) is 9.34. The van der Waals surface area contributed by atoms with Crippen molar-refractivity contribution >= 4 is 16.2 Å². The molecule has 0 spiro atoms. The molecule has 0 amide bonds. The highest BCUT2D eigenvalue weighted by Gasteiger charge is 2.18. The number of hydrogen-bond acceptors (Lipinski definition) is 4. The first kappa shape index (κ1) is 19.0. The molecule has 2 aromatic rings. The fourth-order valence-corrected chi connectivity index (χ4v) is 3.07. The number of benzene rings is 2. The van der Waals surface area contributed by atoms with Gasteiger partial charge in [0.05, 0.1) is 4.90 Å². The molecule has 0 saturated carbocycles. The summed E-state index contributed by atoms with van der Waals surface area (Å²) < 4.78 is 35.5. The van der Waals surface area contributed by atoms with E-state index in [1.807, 2.05) is 50.3 Å². The minimum Gasteiger partial charge on any atom is -0.483 e. The topological polar surface area (TPSA) is 52.6 Å². The van der Waals surface area contributed by atoms with Crippen molar-refractivity contribution in [3.63, 3.8) is 0 Å². The summed E-state index contributed by atoms with van der Waals surface area (Å²) in [4.78, 5) is 0.121. The number of ether oxygens (including phenoxy) is 1. The fourth-order valence-electron chi connectivity index (χ4n) is 2.15. The molecular weight excluding hydrogens is 336 g/mol. The number of hydrogen-bond donors (Lipinski definition) is 0. The summed E-state index contributed by atoms with van der Waals surface area (Å²) in [6.45, 7) is 7.36. The third-order valence-corrected chi connectivity index (χ3v) is 4.80. The van der Waals surface area contributed by atoms with Gasteiger partial charge >= 0.3 is 0 Å². The second-order valence-electron chi connectivity index (χ2n) is 5.48. The summed E-state index contributed by atoms with van der Waals surface area (Å²) >= 11 is 0. The van der Waals surface area contributed by atoms with Gasteiger partial charge in [0.15, 0.2) is 0 Å². The third-order valence-electron chi connectivity index (χ3n) is 3.50. The van der Waals surface area contributed by atoms with E-state index in [9.17, 15) is 8.42 Å². The molecule has 0 bridgehead atoms. The van der Waals surface area contributed by atoms with Gasteiger partial charge in [-0.25, -0.2) is 0 Å². The Hall–Kier alpha value is -2.37. The molecule has 2 rings (SSSR count). The number of para-hydroxylation sites is 1. The first-order valence-electron chi connectivity index (χ1n) is 7.93. The third kappa shape index (κ3) is 5.31. The zero-order chi connectivity index (χ0) is 18.3. The fraction of sp³-hybridized carbons (Fsp3) is 0.200. The van der Waals surface area contributed by atoms with Gasteiger partial charge in [0.2, 0.25) is 0 Å². The molecule has 0 radical (unpaired) electrons. The van der Waals surface area contributed by atoms with Crippen molar-refractivity contribution in [1.82, 2.24) is 0 Å². The van der Waals surface area contributed by atoms with Crippen LogP contribution in [0, 0.1) is 6.92 Å². The summed E-state index contributed by atoms with van der Waals surface area (Å²) in [7, 11) is -3.84. The van der Waals surface area contributed by atoms with E-state index >= 15 is 0 Å². The van der Waals surface area contributed by atoms with Gasteiger partial charge in [0.25, 0.3) is 10.1 Å². The standard InChI is InChI=1S/C20H22O4S/c1-4-8-17-9-6-7-10-20(17)24-18(5-2)15-23-25(21,22)19-13-11-16(3)12-14-19/h4-14,18H,2,15H2,1,3H3/b8-4-/t18-/m1/s1. The number of aryl methyl sites for hydroxylation is 1. The van der Waals surface area contributed by atoms with Crippen LogP contribution in [0.25, 0.3) is 6.08 Å². The predicted octanol–water partition coefficient (Wildman–Crippen LogP) is 4.37. The molecular formula is C20H22O4S. The van der Waals surface area contributed by atoms with Crippen LogP contribution in [0.5, 0.6) is 5.75 Å². The molecule has 0 heterocycles. The molecule has 0 aliphatic rings. The molecule has 0 aromatic heterocycles. The molecule has 0 unspecified atom stereocenters. The van der Waals surface area contributed by atoms with Crippen LogP contribution in [-0.4, -0.2) is 21.1 Å². The van der Waals surface area contributed by atoms with Gasteiger partial charge < -0.3 is 4.74 Å². The highest BCUT2D eigenvalue weighted by molar-refractivity contribution is 7.86. The van der Waals surface area contributed by atoms with E-state index in [4.69, 9.17) is 8.92 Å². The Bertz CT molecular complexity index is 836. The minimum absolute atomic E-state index is 0.121. The highest BCUT2D eigenvalue weighted by Crippen LogP contribution is 2.22. The molecule has 0 saturated heterocycles. The molecule has 2 aromatic carbocycles. The SMILES string of the molecule is C=C[C@H](COS(=O)(=O)c1ccc(C)cc1)Oc1ccccc1/C=C\C. The lowest BCUT2D eigenvalue weighted by molar-refractivity contribution is 0.167. The van der Waals surface area contributed by atoms with Crippen LogP contribution in [-0.2, 0) is 14.3 Å². The normalized spacial score (nSPS) is 12.9. The van der Waals surface area contributed by atoms with Gasteiger partial charge in [-0.15, -0.1) is 0 Å². The average Bonchev–Trinajstić information content (AvgIpc) is 2.60. The summed E-state index contributed by atoms with van der Waals surface area (Å²) in [6, 6.07) is 14.0. The van der Waals surface area contributed by atoms with Crippen molar-refractivity contribution in [2.75, 3.05) is 6.61 Å². The molecule has 1 atom stereocenters. The lowest BCUT2D eigenvalue weighted by atomic mass is 10.2. The van der Waals surface area contributed by atoms with E-state index in [1.165, 1.54) is 18.2 Å². The first-order chi connectivity index (χ1) is 12.0. The summed E-state index contributed by atoms with van der Waals surface area (Å²) in [5, 5.41) is 0. The Balaban J connectivity index is 2.08. The van der Waals surface area contributed by atoms with E-state index in [0.29, 0.717) is 5.75 Å². The molecule has 0 fully saturated rings.